The lowest BCUT2D eigenvalue weighted by atomic mass is 9.93. The highest BCUT2D eigenvalue weighted by Gasteiger charge is 2.30. The van der Waals surface area contributed by atoms with Gasteiger partial charge in [0.1, 0.15) is 11.5 Å². The lowest BCUT2D eigenvalue weighted by Gasteiger charge is -2.33. The second-order valence-corrected chi connectivity index (χ2v) is 8.83. The minimum atomic E-state index is -0.0989. The van der Waals surface area contributed by atoms with E-state index in [0.717, 1.165) is 36.5 Å². The van der Waals surface area contributed by atoms with Crippen molar-refractivity contribution in [1.82, 2.24) is 19.3 Å². The Balaban J connectivity index is 1.64. The molecular formula is C23H29N5O2. The molecule has 1 aliphatic rings. The van der Waals surface area contributed by atoms with Gasteiger partial charge in [-0.05, 0) is 51.8 Å². The Morgan fingerprint density at radius 1 is 1.27 bits per heavy atom. The van der Waals surface area contributed by atoms with E-state index >= 15 is 0 Å². The van der Waals surface area contributed by atoms with Crippen molar-refractivity contribution in [1.29, 1.82) is 0 Å². The molecule has 1 N–H and O–H groups in total. The zero-order valence-corrected chi connectivity index (χ0v) is 18.1. The molecule has 158 valence electrons. The molecule has 7 nitrogen and oxygen atoms in total. The summed E-state index contributed by atoms with van der Waals surface area (Å²) >= 11 is 0. The highest BCUT2D eigenvalue weighted by atomic mass is 16.5. The number of piperidine rings is 1. The third-order valence-corrected chi connectivity index (χ3v) is 5.34. The number of fused-ring (bicyclic) bond motifs is 1. The van der Waals surface area contributed by atoms with E-state index in [-0.39, 0.29) is 17.4 Å². The molecule has 3 aromatic rings. The number of pyridine rings is 2. The summed E-state index contributed by atoms with van der Waals surface area (Å²) in [4.78, 5) is 24.1. The maximum Gasteiger partial charge on any atom is 0.254 e. The van der Waals surface area contributed by atoms with Gasteiger partial charge in [0, 0.05) is 48.6 Å². The van der Waals surface area contributed by atoms with Crippen LogP contribution >= 0.6 is 0 Å². The minimum Gasteiger partial charge on any atom is -0.481 e. The number of likely N-dealkylation sites (tertiary alicyclic amines) is 1. The number of ether oxygens (including phenoxy) is 1. The minimum absolute atomic E-state index is 0.00879. The van der Waals surface area contributed by atoms with E-state index < -0.39 is 0 Å². The van der Waals surface area contributed by atoms with Gasteiger partial charge in [-0.1, -0.05) is 6.07 Å². The Hall–Kier alpha value is -3.09. The second kappa shape index (κ2) is 7.97. The summed E-state index contributed by atoms with van der Waals surface area (Å²) in [6.45, 7) is 7.83. The molecule has 4 heterocycles. The first-order valence-electron chi connectivity index (χ1n) is 10.4. The van der Waals surface area contributed by atoms with E-state index in [4.69, 9.17) is 9.72 Å². The molecule has 0 spiro atoms. The van der Waals surface area contributed by atoms with Crippen molar-refractivity contribution in [3.63, 3.8) is 0 Å². The van der Waals surface area contributed by atoms with Crippen molar-refractivity contribution in [2.75, 3.05) is 25.5 Å². The molecule has 3 aromatic heterocycles. The first-order chi connectivity index (χ1) is 14.4. The molecule has 0 aliphatic carbocycles. The Morgan fingerprint density at radius 2 is 2.10 bits per heavy atom. The van der Waals surface area contributed by atoms with Crippen LogP contribution in [0.3, 0.4) is 0 Å². The topological polar surface area (TPSA) is 71.8 Å². The molecule has 1 atom stereocenters. The predicted molar refractivity (Wildman–Crippen MR) is 117 cm³/mol. The highest BCUT2D eigenvalue weighted by Crippen LogP contribution is 2.34. The number of nitrogens with one attached hydrogen (secondary N) is 1. The van der Waals surface area contributed by atoms with Crippen LogP contribution in [0.5, 0.6) is 5.88 Å². The van der Waals surface area contributed by atoms with Gasteiger partial charge in [0.2, 0.25) is 5.88 Å². The zero-order chi connectivity index (χ0) is 21.3. The van der Waals surface area contributed by atoms with Gasteiger partial charge in [-0.3, -0.25) is 9.20 Å². The molecule has 7 heteroatoms. The van der Waals surface area contributed by atoms with Crippen LogP contribution in [-0.2, 0) is 0 Å². The Kier molecular flexibility index (Phi) is 5.37. The molecule has 0 aromatic carbocycles. The van der Waals surface area contributed by atoms with Crippen LogP contribution in [0.15, 0.2) is 42.7 Å². The van der Waals surface area contributed by atoms with E-state index in [0.29, 0.717) is 18.0 Å². The third kappa shape index (κ3) is 4.10. The number of hydrogen-bond donors (Lipinski definition) is 1. The fourth-order valence-corrected chi connectivity index (χ4v) is 4.00. The van der Waals surface area contributed by atoms with Crippen LogP contribution in [0.1, 0.15) is 55.6 Å². The number of rotatable bonds is 4. The smallest absolute Gasteiger partial charge is 0.254 e. The molecule has 0 unspecified atom stereocenters. The molecule has 30 heavy (non-hydrogen) atoms. The SMILES string of the molecule is COc1cc(C(=O)N2CCC[C@H](c3nc4ccccn4c3NC(C)(C)C)C2)ccn1. The lowest BCUT2D eigenvalue weighted by molar-refractivity contribution is 0.0705. The van der Waals surface area contributed by atoms with E-state index in [1.54, 1.807) is 25.4 Å². The van der Waals surface area contributed by atoms with E-state index in [2.05, 4.69) is 35.5 Å². The molecule has 0 saturated carbocycles. The maximum absolute atomic E-state index is 13.1. The number of carbonyl (C=O) groups excluding carboxylic acids is 1. The Labute approximate surface area is 177 Å². The van der Waals surface area contributed by atoms with Crippen molar-refractivity contribution in [3.8, 4) is 5.88 Å². The predicted octanol–water partition coefficient (Wildman–Crippen LogP) is 3.97. The Morgan fingerprint density at radius 3 is 2.87 bits per heavy atom. The number of carbonyl (C=O) groups is 1. The molecule has 1 saturated heterocycles. The van der Waals surface area contributed by atoms with Gasteiger partial charge in [-0.15, -0.1) is 0 Å². The normalized spacial score (nSPS) is 17.2. The summed E-state index contributed by atoms with van der Waals surface area (Å²) in [5, 5.41) is 3.63. The average molecular weight is 408 g/mol. The number of amides is 1. The fourth-order valence-electron chi connectivity index (χ4n) is 4.00. The van der Waals surface area contributed by atoms with Crippen LogP contribution in [-0.4, -0.2) is 50.9 Å². The average Bonchev–Trinajstić information content (AvgIpc) is 3.10. The summed E-state index contributed by atoms with van der Waals surface area (Å²) in [5.74, 6) is 1.65. The summed E-state index contributed by atoms with van der Waals surface area (Å²) in [7, 11) is 1.56. The zero-order valence-electron chi connectivity index (χ0n) is 18.1. The first-order valence-corrected chi connectivity index (χ1v) is 10.4. The van der Waals surface area contributed by atoms with Crippen LogP contribution in [0, 0.1) is 0 Å². The molecule has 0 radical (unpaired) electrons. The summed E-state index contributed by atoms with van der Waals surface area (Å²) in [6, 6.07) is 9.47. The van der Waals surface area contributed by atoms with Gasteiger partial charge in [0.15, 0.2) is 0 Å². The summed E-state index contributed by atoms with van der Waals surface area (Å²) < 4.78 is 7.28. The van der Waals surface area contributed by atoms with Gasteiger partial charge in [0.05, 0.1) is 12.8 Å². The van der Waals surface area contributed by atoms with Gasteiger partial charge >= 0.3 is 0 Å². The van der Waals surface area contributed by atoms with Gasteiger partial charge in [0.25, 0.3) is 5.91 Å². The molecular weight excluding hydrogens is 378 g/mol. The third-order valence-electron chi connectivity index (χ3n) is 5.34. The van der Waals surface area contributed by atoms with E-state index in [1.165, 1.54) is 0 Å². The standard InChI is InChI=1S/C23H29N5O2/c1-23(2,3)26-21-20(25-18-9-5-6-13-28(18)21)17-8-7-12-27(15-17)22(29)16-10-11-24-19(14-16)30-4/h5-6,9-11,13-14,17,26H,7-8,12,15H2,1-4H3/t17-/m0/s1. The second-order valence-electron chi connectivity index (χ2n) is 8.83. The van der Waals surface area contributed by atoms with Crippen molar-refractivity contribution >= 4 is 17.4 Å². The summed E-state index contributed by atoms with van der Waals surface area (Å²) in [5.41, 5.74) is 2.45. The van der Waals surface area contributed by atoms with Gasteiger partial charge in [-0.25, -0.2) is 9.97 Å². The number of aromatic nitrogens is 3. The van der Waals surface area contributed by atoms with Crippen LogP contribution < -0.4 is 10.1 Å². The van der Waals surface area contributed by atoms with Crippen molar-refractivity contribution in [2.45, 2.75) is 45.1 Å². The van der Waals surface area contributed by atoms with Crippen LogP contribution in [0.25, 0.3) is 5.65 Å². The number of hydrogen-bond acceptors (Lipinski definition) is 5. The number of anilines is 1. The highest BCUT2D eigenvalue weighted by molar-refractivity contribution is 5.94. The Bertz CT molecular complexity index is 1050. The number of nitrogens with zero attached hydrogens (tertiary/aromatic N) is 4. The maximum atomic E-state index is 13.1. The molecule has 1 aliphatic heterocycles. The van der Waals surface area contributed by atoms with Crippen LogP contribution in [0.2, 0.25) is 0 Å². The number of methoxy groups -OCH3 is 1. The van der Waals surface area contributed by atoms with Crippen molar-refractivity contribution < 1.29 is 9.53 Å². The lowest BCUT2D eigenvalue weighted by Crippen LogP contribution is -2.39. The fraction of sp³-hybridized carbons (Fsp3) is 0.435. The largest absolute Gasteiger partial charge is 0.481 e. The first kappa shape index (κ1) is 20.2. The van der Waals surface area contributed by atoms with Crippen molar-refractivity contribution in [2.24, 2.45) is 0 Å². The van der Waals surface area contributed by atoms with E-state index in [1.807, 2.05) is 29.3 Å². The monoisotopic (exact) mass is 407 g/mol. The van der Waals surface area contributed by atoms with Gasteiger partial charge in [-0.2, -0.15) is 0 Å². The van der Waals surface area contributed by atoms with Crippen LogP contribution in [0.4, 0.5) is 5.82 Å². The van der Waals surface area contributed by atoms with E-state index in [9.17, 15) is 4.79 Å². The number of imidazole rings is 1. The summed E-state index contributed by atoms with van der Waals surface area (Å²) in [6.07, 6.45) is 5.60. The molecule has 1 fully saturated rings. The molecule has 0 bridgehead atoms. The molecule has 1 amide bonds. The van der Waals surface area contributed by atoms with Gasteiger partial charge < -0.3 is 15.0 Å². The quantitative estimate of drug-likeness (QED) is 0.709. The molecule has 4 rings (SSSR count). The van der Waals surface area contributed by atoms with Crippen molar-refractivity contribution in [3.05, 3.63) is 54.0 Å².